The predicted molar refractivity (Wildman–Crippen MR) is 100 cm³/mol. The van der Waals surface area contributed by atoms with Crippen LogP contribution in [-0.2, 0) is 6.42 Å². The van der Waals surface area contributed by atoms with Crippen LogP contribution in [0.1, 0.15) is 11.1 Å². The second-order valence-electron chi connectivity index (χ2n) is 6.24. The summed E-state index contributed by atoms with van der Waals surface area (Å²) in [7, 11) is 0. The van der Waals surface area contributed by atoms with Gasteiger partial charge in [0.2, 0.25) is 0 Å². The lowest BCUT2D eigenvalue weighted by molar-refractivity contribution is 0.669. The molecule has 0 atom stereocenters. The van der Waals surface area contributed by atoms with Crippen LogP contribution < -0.4 is 0 Å². The average Bonchev–Trinajstić information content (AvgIpc) is 3.00. The van der Waals surface area contributed by atoms with Crippen LogP contribution in [0.25, 0.3) is 32.7 Å². The van der Waals surface area contributed by atoms with Crippen LogP contribution in [0.5, 0.6) is 0 Å². The zero-order chi connectivity index (χ0) is 15.9. The number of hydrogen-bond acceptors (Lipinski definition) is 1. The molecule has 0 bridgehead atoms. The monoisotopic (exact) mass is 308 g/mol. The molecule has 0 aliphatic carbocycles. The molecule has 0 amide bonds. The van der Waals surface area contributed by atoms with Gasteiger partial charge in [0.1, 0.15) is 11.2 Å². The molecular formula is C23H16O. The van der Waals surface area contributed by atoms with E-state index in [0.29, 0.717) is 0 Å². The van der Waals surface area contributed by atoms with Crippen molar-refractivity contribution in [2.45, 2.75) is 6.42 Å². The van der Waals surface area contributed by atoms with E-state index in [2.05, 4.69) is 72.8 Å². The van der Waals surface area contributed by atoms with Crippen molar-refractivity contribution in [3.05, 3.63) is 96.1 Å². The molecule has 0 unspecified atom stereocenters. The highest BCUT2D eigenvalue weighted by molar-refractivity contribution is 6.05. The lowest BCUT2D eigenvalue weighted by atomic mass is 9.97. The molecule has 5 rings (SSSR count). The SMILES string of the molecule is c1ccc2c(Cc3ccc4oc5ccccc5c4c3)cccc2c1. The third-order valence-electron chi connectivity index (χ3n) is 4.72. The maximum absolute atomic E-state index is 5.93. The van der Waals surface area contributed by atoms with Crippen molar-refractivity contribution in [2.75, 3.05) is 0 Å². The summed E-state index contributed by atoms with van der Waals surface area (Å²) in [4.78, 5) is 0. The van der Waals surface area contributed by atoms with Crippen molar-refractivity contribution < 1.29 is 4.42 Å². The number of rotatable bonds is 2. The Balaban J connectivity index is 1.65. The van der Waals surface area contributed by atoms with Crippen LogP contribution in [-0.4, -0.2) is 0 Å². The van der Waals surface area contributed by atoms with E-state index in [9.17, 15) is 0 Å². The smallest absolute Gasteiger partial charge is 0.135 e. The standard InChI is InChI=1S/C23H16O/c1-2-9-19-17(6-1)7-5-8-18(19)14-16-12-13-23-21(15-16)20-10-3-4-11-22(20)24-23/h1-13,15H,14H2. The average molecular weight is 308 g/mol. The van der Waals surface area contributed by atoms with Crippen molar-refractivity contribution >= 4 is 32.7 Å². The second-order valence-corrected chi connectivity index (χ2v) is 6.24. The Bertz CT molecular complexity index is 1180. The maximum atomic E-state index is 5.93. The van der Waals surface area contributed by atoms with Crippen molar-refractivity contribution in [1.82, 2.24) is 0 Å². The van der Waals surface area contributed by atoms with Crippen LogP contribution in [0.4, 0.5) is 0 Å². The van der Waals surface area contributed by atoms with Gasteiger partial charge in [0, 0.05) is 10.8 Å². The van der Waals surface area contributed by atoms with Crippen LogP contribution in [0.2, 0.25) is 0 Å². The molecule has 1 aromatic heterocycles. The van der Waals surface area contributed by atoms with Gasteiger partial charge in [0.15, 0.2) is 0 Å². The fourth-order valence-electron chi connectivity index (χ4n) is 3.55. The molecule has 0 N–H and O–H groups in total. The number of benzene rings is 4. The second kappa shape index (κ2) is 5.24. The van der Waals surface area contributed by atoms with Crippen molar-refractivity contribution in [1.29, 1.82) is 0 Å². The third kappa shape index (κ3) is 2.10. The molecule has 0 fully saturated rings. The van der Waals surface area contributed by atoms with Gasteiger partial charge in [-0.1, -0.05) is 66.7 Å². The van der Waals surface area contributed by atoms with Gasteiger partial charge in [0.05, 0.1) is 0 Å². The van der Waals surface area contributed by atoms with Crippen molar-refractivity contribution in [3.8, 4) is 0 Å². The minimum atomic E-state index is 0.927. The summed E-state index contributed by atoms with van der Waals surface area (Å²) in [5, 5.41) is 5.01. The number of fused-ring (bicyclic) bond motifs is 4. The third-order valence-corrected chi connectivity index (χ3v) is 4.72. The first-order chi connectivity index (χ1) is 11.9. The van der Waals surface area contributed by atoms with Gasteiger partial charge in [-0.25, -0.2) is 0 Å². The Morgan fingerprint density at radius 3 is 2.29 bits per heavy atom. The molecule has 4 aromatic carbocycles. The number of furan rings is 1. The molecule has 0 saturated heterocycles. The topological polar surface area (TPSA) is 13.1 Å². The highest BCUT2D eigenvalue weighted by atomic mass is 16.3. The first-order valence-corrected chi connectivity index (χ1v) is 8.25. The van der Waals surface area contributed by atoms with Gasteiger partial charge in [-0.15, -0.1) is 0 Å². The first kappa shape index (κ1) is 13.4. The largest absolute Gasteiger partial charge is 0.456 e. The molecule has 1 heterocycles. The van der Waals surface area contributed by atoms with Gasteiger partial charge < -0.3 is 4.42 Å². The summed E-state index contributed by atoms with van der Waals surface area (Å²) >= 11 is 0. The Morgan fingerprint density at radius 1 is 0.583 bits per heavy atom. The molecule has 0 aliphatic heterocycles. The van der Waals surface area contributed by atoms with E-state index < -0.39 is 0 Å². The van der Waals surface area contributed by atoms with E-state index in [1.807, 2.05) is 12.1 Å². The molecule has 0 radical (unpaired) electrons. The highest BCUT2D eigenvalue weighted by Gasteiger charge is 2.08. The molecule has 0 spiro atoms. The van der Waals surface area contributed by atoms with E-state index in [-0.39, 0.29) is 0 Å². The molecule has 0 saturated carbocycles. The summed E-state index contributed by atoms with van der Waals surface area (Å²) in [6.07, 6.45) is 0.927. The molecule has 5 aromatic rings. The molecule has 0 aliphatic rings. The fraction of sp³-hybridized carbons (Fsp3) is 0.0435. The van der Waals surface area contributed by atoms with Gasteiger partial charge in [-0.05, 0) is 46.5 Å². The van der Waals surface area contributed by atoms with Gasteiger partial charge in [0.25, 0.3) is 0 Å². The van der Waals surface area contributed by atoms with E-state index in [4.69, 9.17) is 4.42 Å². The van der Waals surface area contributed by atoms with Gasteiger partial charge in [-0.2, -0.15) is 0 Å². The zero-order valence-corrected chi connectivity index (χ0v) is 13.2. The summed E-state index contributed by atoms with van der Waals surface area (Å²) in [5.74, 6) is 0. The van der Waals surface area contributed by atoms with Crippen LogP contribution in [0.3, 0.4) is 0 Å². The summed E-state index contributed by atoms with van der Waals surface area (Å²) in [6, 6.07) is 29.9. The predicted octanol–water partition coefficient (Wildman–Crippen LogP) is 6.33. The Kier molecular flexibility index (Phi) is 2.92. The molecule has 1 heteroatoms. The van der Waals surface area contributed by atoms with E-state index in [0.717, 1.165) is 17.6 Å². The molecule has 1 nitrogen and oxygen atoms in total. The van der Waals surface area contributed by atoms with E-state index in [1.165, 1.54) is 32.7 Å². The minimum Gasteiger partial charge on any atom is -0.456 e. The van der Waals surface area contributed by atoms with Gasteiger partial charge >= 0.3 is 0 Å². The molecule has 114 valence electrons. The highest BCUT2D eigenvalue weighted by Crippen LogP contribution is 2.30. The Labute approximate surface area is 140 Å². The van der Waals surface area contributed by atoms with Crippen molar-refractivity contribution in [2.24, 2.45) is 0 Å². The maximum Gasteiger partial charge on any atom is 0.135 e. The first-order valence-electron chi connectivity index (χ1n) is 8.25. The fourth-order valence-corrected chi connectivity index (χ4v) is 3.55. The molecular weight excluding hydrogens is 292 g/mol. The summed E-state index contributed by atoms with van der Waals surface area (Å²) in [6.45, 7) is 0. The Morgan fingerprint density at radius 2 is 1.33 bits per heavy atom. The van der Waals surface area contributed by atoms with E-state index >= 15 is 0 Å². The van der Waals surface area contributed by atoms with Crippen LogP contribution in [0.15, 0.2) is 89.3 Å². The Hall–Kier alpha value is -3.06. The minimum absolute atomic E-state index is 0.927. The summed E-state index contributed by atoms with van der Waals surface area (Å²) < 4.78 is 5.93. The normalized spacial score (nSPS) is 11.5. The van der Waals surface area contributed by atoms with Crippen LogP contribution >= 0.6 is 0 Å². The quantitative estimate of drug-likeness (QED) is 0.371. The van der Waals surface area contributed by atoms with Gasteiger partial charge in [-0.3, -0.25) is 0 Å². The lowest BCUT2D eigenvalue weighted by Gasteiger charge is -2.07. The van der Waals surface area contributed by atoms with Crippen molar-refractivity contribution in [3.63, 3.8) is 0 Å². The zero-order valence-electron chi connectivity index (χ0n) is 13.2. The molecule has 24 heavy (non-hydrogen) atoms. The van der Waals surface area contributed by atoms with Crippen LogP contribution in [0, 0.1) is 0 Å². The number of para-hydroxylation sites is 1. The lowest BCUT2D eigenvalue weighted by Crippen LogP contribution is -1.89. The van der Waals surface area contributed by atoms with E-state index in [1.54, 1.807) is 0 Å². The summed E-state index contributed by atoms with van der Waals surface area (Å²) in [5.41, 5.74) is 4.58. The number of hydrogen-bond donors (Lipinski definition) is 0.